The highest BCUT2D eigenvalue weighted by atomic mass is 32.1. The molecule has 1 amide bonds. The maximum Gasteiger partial charge on any atom is 0.273 e. The van der Waals surface area contributed by atoms with E-state index in [9.17, 15) is 9.90 Å². The van der Waals surface area contributed by atoms with Crippen LogP contribution in [0.1, 0.15) is 23.8 Å². The van der Waals surface area contributed by atoms with Crippen molar-refractivity contribution in [2.45, 2.75) is 19.4 Å². The predicted octanol–water partition coefficient (Wildman–Crippen LogP) is 2.25. The number of carbonyl (C=O) groups excluding carboxylic acids is 1. The van der Waals surface area contributed by atoms with Crippen LogP contribution in [-0.2, 0) is 0 Å². The summed E-state index contributed by atoms with van der Waals surface area (Å²) in [6, 6.07) is 3.59. The van der Waals surface area contributed by atoms with E-state index in [-0.39, 0.29) is 5.91 Å². The topological polar surface area (TPSA) is 66.6 Å². The Morgan fingerprint density at radius 2 is 2.42 bits per heavy atom. The lowest BCUT2D eigenvalue weighted by Gasteiger charge is -2.16. The summed E-state index contributed by atoms with van der Waals surface area (Å²) in [7, 11) is 1.70. The van der Waals surface area contributed by atoms with Gasteiger partial charge >= 0.3 is 0 Å². The Morgan fingerprint density at radius 3 is 3.05 bits per heavy atom. The molecule has 0 spiro atoms. The first-order valence-corrected chi connectivity index (χ1v) is 6.89. The fraction of sp³-hybridized carbons (Fsp3) is 0.385. The number of nitrogens with zero attached hydrogens (tertiary/aromatic N) is 2. The molecule has 0 saturated heterocycles. The van der Waals surface area contributed by atoms with Gasteiger partial charge in [-0.3, -0.25) is 4.79 Å². The van der Waals surface area contributed by atoms with E-state index >= 15 is 0 Å². The largest absolute Gasteiger partial charge is 0.462 e. The second kappa shape index (κ2) is 5.99. The Labute approximate surface area is 115 Å². The van der Waals surface area contributed by atoms with Crippen molar-refractivity contribution in [2.24, 2.45) is 0 Å². The number of aromatic nitrogens is 1. The lowest BCUT2D eigenvalue weighted by Crippen LogP contribution is -2.29. The van der Waals surface area contributed by atoms with Crippen LogP contribution in [0.2, 0.25) is 0 Å². The minimum absolute atomic E-state index is 0.144. The third kappa shape index (κ3) is 3.42. The van der Waals surface area contributed by atoms with Crippen molar-refractivity contribution in [3.8, 4) is 10.8 Å². The minimum Gasteiger partial charge on any atom is -0.462 e. The summed E-state index contributed by atoms with van der Waals surface area (Å²) in [6.45, 7) is 2.21. The Kier molecular flexibility index (Phi) is 4.34. The van der Waals surface area contributed by atoms with Crippen LogP contribution in [0.4, 0.5) is 0 Å². The molecule has 0 aliphatic carbocycles. The van der Waals surface area contributed by atoms with Gasteiger partial charge in [-0.25, -0.2) is 4.98 Å². The summed E-state index contributed by atoms with van der Waals surface area (Å²) in [5.41, 5.74) is 0.407. The van der Waals surface area contributed by atoms with Gasteiger partial charge in [0.2, 0.25) is 0 Å². The molecule has 6 heteroatoms. The minimum atomic E-state index is -0.413. The monoisotopic (exact) mass is 280 g/mol. The van der Waals surface area contributed by atoms with Crippen molar-refractivity contribution in [1.29, 1.82) is 0 Å². The van der Waals surface area contributed by atoms with Gasteiger partial charge in [-0.2, -0.15) is 0 Å². The number of rotatable bonds is 5. The van der Waals surface area contributed by atoms with Crippen molar-refractivity contribution in [2.75, 3.05) is 13.6 Å². The molecule has 0 saturated carbocycles. The average Bonchev–Trinajstić information content (AvgIpc) is 3.04. The van der Waals surface area contributed by atoms with Crippen molar-refractivity contribution < 1.29 is 14.3 Å². The first kappa shape index (κ1) is 13.8. The fourth-order valence-electron chi connectivity index (χ4n) is 1.56. The van der Waals surface area contributed by atoms with E-state index in [4.69, 9.17) is 4.42 Å². The fourth-order valence-corrected chi connectivity index (χ4v) is 2.32. The predicted molar refractivity (Wildman–Crippen MR) is 73.1 cm³/mol. The molecule has 0 aromatic carbocycles. The zero-order valence-electron chi connectivity index (χ0n) is 10.9. The van der Waals surface area contributed by atoms with E-state index in [1.807, 2.05) is 6.07 Å². The molecule has 0 aliphatic rings. The number of aliphatic hydroxyl groups is 1. The van der Waals surface area contributed by atoms with Crippen LogP contribution in [0, 0.1) is 0 Å². The first-order valence-electron chi connectivity index (χ1n) is 6.01. The Balaban J connectivity index is 2.04. The summed E-state index contributed by atoms with van der Waals surface area (Å²) in [5.74, 6) is 0.519. The number of aliphatic hydroxyl groups excluding tert-OH is 1. The van der Waals surface area contributed by atoms with E-state index in [0.717, 1.165) is 0 Å². The van der Waals surface area contributed by atoms with Crippen molar-refractivity contribution in [1.82, 2.24) is 9.88 Å². The molecule has 2 heterocycles. The van der Waals surface area contributed by atoms with Crippen LogP contribution in [-0.4, -0.2) is 40.6 Å². The normalized spacial score (nSPS) is 12.4. The van der Waals surface area contributed by atoms with Gasteiger partial charge in [0.25, 0.3) is 5.91 Å². The van der Waals surface area contributed by atoms with Crippen molar-refractivity contribution >= 4 is 17.2 Å². The van der Waals surface area contributed by atoms with Crippen LogP contribution in [0.25, 0.3) is 10.8 Å². The number of furan rings is 1. The van der Waals surface area contributed by atoms with Gasteiger partial charge in [0.15, 0.2) is 10.8 Å². The lowest BCUT2D eigenvalue weighted by atomic mass is 10.2. The van der Waals surface area contributed by atoms with E-state index in [2.05, 4.69) is 4.98 Å². The van der Waals surface area contributed by atoms with Crippen molar-refractivity contribution in [3.05, 3.63) is 29.5 Å². The van der Waals surface area contributed by atoms with Crippen LogP contribution in [0.15, 0.2) is 28.2 Å². The maximum absolute atomic E-state index is 12.1. The number of hydrogen-bond donors (Lipinski definition) is 1. The molecule has 1 atom stereocenters. The highest BCUT2D eigenvalue weighted by Gasteiger charge is 2.17. The van der Waals surface area contributed by atoms with Crippen LogP contribution in [0.3, 0.4) is 0 Å². The number of carbonyl (C=O) groups is 1. The third-order valence-electron chi connectivity index (χ3n) is 2.68. The van der Waals surface area contributed by atoms with Gasteiger partial charge in [-0.1, -0.05) is 0 Å². The Hall–Kier alpha value is -1.66. The molecular weight excluding hydrogens is 264 g/mol. The van der Waals surface area contributed by atoms with E-state index in [0.29, 0.717) is 29.4 Å². The molecule has 0 fully saturated rings. The summed E-state index contributed by atoms with van der Waals surface area (Å²) in [4.78, 5) is 17.9. The zero-order valence-corrected chi connectivity index (χ0v) is 11.7. The number of amides is 1. The molecule has 2 rings (SSSR count). The second-order valence-corrected chi connectivity index (χ2v) is 5.24. The van der Waals surface area contributed by atoms with E-state index in [1.54, 1.807) is 36.6 Å². The summed E-state index contributed by atoms with van der Waals surface area (Å²) in [6.07, 6.45) is 1.72. The summed E-state index contributed by atoms with van der Waals surface area (Å²) >= 11 is 1.38. The number of thiazole rings is 1. The standard InChI is InChI=1S/C13H16N2O3S/c1-9(16)5-6-15(2)13(17)10-8-19-12(14-10)11-4-3-7-18-11/h3-4,7-9,16H,5-6H2,1-2H3. The highest BCUT2D eigenvalue weighted by molar-refractivity contribution is 7.13. The maximum atomic E-state index is 12.1. The van der Waals surface area contributed by atoms with Crippen molar-refractivity contribution in [3.63, 3.8) is 0 Å². The molecule has 0 radical (unpaired) electrons. The third-order valence-corrected chi connectivity index (χ3v) is 3.54. The molecule has 5 nitrogen and oxygen atoms in total. The molecular formula is C13H16N2O3S. The summed E-state index contributed by atoms with van der Waals surface area (Å²) in [5, 5.41) is 11.6. The molecule has 0 aliphatic heterocycles. The van der Waals surface area contributed by atoms with E-state index < -0.39 is 6.10 Å². The first-order chi connectivity index (χ1) is 9.08. The van der Waals surface area contributed by atoms with E-state index in [1.165, 1.54) is 11.3 Å². The second-order valence-electron chi connectivity index (χ2n) is 4.38. The van der Waals surface area contributed by atoms with Gasteiger partial charge in [0.1, 0.15) is 5.69 Å². The zero-order chi connectivity index (χ0) is 13.8. The SMILES string of the molecule is CC(O)CCN(C)C(=O)c1csc(-c2ccco2)n1. The van der Waals surface area contributed by atoms with Gasteiger partial charge in [0.05, 0.1) is 12.4 Å². The van der Waals surface area contributed by atoms with Crippen LogP contribution in [0.5, 0.6) is 0 Å². The number of hydrogen-bond acceptors (Lipinski definition) is 5. The van der Waals surface area contributed by atoms with Gasteiger partial charge in [-0.15, -0.1) is 11.3 Å². The molecule has 1 unspecified atom stereocenters. The highest BCUT2D eigenvalue weighted by Crippen LogP contribution is 2.24. The van der Waals surface area contributed by atoms with Gasteiger partial charge < -0.3 is 14.4 Å². The molecule has 2 aromatic rings. The van der Waals surface area contributed by atoms with Gasteiger partial charge in [-0.05, 0) is 25.5 Å². The Bertz CT molecular complexity index is 534. The molecule has 2 aromatic heterocycles. The molecule has 102 valence electrons. The van der Waals surface area contributed by atoms with Gasteiger partial charge in [0, 0.05) is 19.0 Å². The lowest BCUT2D eigenvalue weighted by molar-refractivity contribution is 0.0764. The van der Waals surface area contributed by atoms with Crippen LogP contribution >= 0.6 is 11.3 Å². The molecule has 1 N–H and O–H groups in total. The van der Waals surface area contributed by atoms with Crippen LogP contribution < -0.4 is 0 Å². The quantitative estimate of drug-likeness (QED) is 0.912. The molecule has 19 heavy (non-hydrogen) atoms. The Morgan fingerprint density at radius 1 is 1.63 bits per heavy atom. The smallest absolute Gasteiger partial charge is 0.273 e. The molecule has 0 bridgehead atoms. The summed E-state index contributed by atoms with van der Waals surface area (Å²) < 4.78 is 5.24. The average molecular weight is 280 g/mol.